The van der Waals surface area contributed by atoms with Crippen LogP contribution < -0.4 is 5.32 Å². The molecule has 0 aliphatic heterocycles. The van der Waals surface area contributed by atoms with E-state index < -0.39 is 11.7 Å². The highest BCUT2D eigenvalue weighted by molar-refractivity contribution is 6.05. The van der Waals surface area contributed by atoms with Crippen molar-refractivity contribution < 1.29 is 13.6 Å². The molecule has 1 saturated carbocycles. The molecule has 1 amide bonds. The average Bonchev–Trinajstić information content (AvgIpc) is 3.56. The monoisotopic (exact) mass is 430 g/mol. The highest BCUT2D eigenvalue weighted by Gasteiger charge is 2.27. The average molecular weight is 430 g/mol. The predicted molar refractivity (Wildman–Crippen MR) is 120 cm³/mol. The van der Waals surface area contributed by atoms with E-state index in [-0.39, 0.29) is 17.5 Å². The van der Waals surface area contributed by atoms with Crippen LogP contribution in [0, 0.1) is 12.7 Å². The first-order valence-corrected chi connectivity index (χ1v) is 10.7. The molecule has 0 atom stereocenters. The Kier molecular flexibility index (Phi) is 5.31. The Labute approximate surface area is 185 Å². The Hall–Kier alpha value is -3.74. The Balaban J connectivity index is 1.66. The summed E-state index contributed by atoms with van der Waals surface area (Å²) in [5, 5.41) is 2.69. The van der Waals surface area contributed by atoms with Crippen molar-refractivity contribution in [2.75, 3.05) is 5.32 Å². The topological polar surface area (TPSA) is 73.0 Å². The molecule has 4 aromatic rings. The Morgan fingerprint density at radius 3 is 2.66 bits per heavy atom. The number of pyridine rings is 1. The third-order valence-electron chi connectivity index (χ3n) is 5.98. The van der Waals surface area contributed by atoms with Crippen molar-refractivity contribution in [1.29, 1.82) is 0 Å². The number of aromatic nitrogens is 3. The van der Waals surface area contributed by atoms with Gasteiger partial charge in [-0.05, 0) is 31.9 Å². The van der Waals surface area contributed by atoms with Crippen molar-refractivity contribution in [2.45, 2.75) is 38.6 Å². The molecule has 1 aliphatic carbocycles. The zero-order chi connectivity index (χ0) is 22.1. The first kappa shape index (κ1) is 20.2. The van der Waals surface area contributed by atoms with Crippen molar-refractivity contribution >= 4 is 11.6 Å². The summed E-state index contributed by atoms with van der Waals surface area (Å²) in [6, 6.07) is 11.5. The van der Waals surface area contributed by atoms with Crippen molar-refractivity contribution in [2.24, 2.45) is 0 Å². The number of halogens is 1. The van der Waals surface area contributed by atoms with Gasteiger partial charge in [0, 0.05) is 23.4 Å². The van der Waals surface area contributed by atoms with Crippen LogP contribution in [0.3, 0.4) is 0 Å². The number of hydrogen-bond donors (Lipinski definition) is 1. The van der Waals surface area contributed by atoms with E-state index in [0.29, 0.717) is 5.56 Å². The maximum Gasteiger partial charge on any atom is 0.291 e. The van der Waals surface area contributed by atoms with Crippen LogP contribution in [-0.4, -0.2) is 20.4 Å². The van der Waals surface area contributed by atoms with Crippen molar-refractivity contribution in [3.8, 4) is 22.5 Å². The molecular formula is C25H23FN4O2. The maximum atomic E-state index is 15.0. The molecule has 1 N–H and O–H groups in total. The zero-order valence-corrected chi connectivity index (χ0v) is 17.7. The van der Waals surface area contributed by atoms with E-state index in [1.54, 1.807) is 12.3 Å². The quantitative estimate of drug-likeness (QED) is 0.420. The van der Waals surface area contributed by atoms with Crippen LogP contribution in [0.1, 0.15) is 47.8 Å². The summed E-state index contributed by atoms with van der Waals surface area (Å²) in [5.74, 6) is -1.03. The molecule has 162 valence electrons. The summed E-state index contributed by atoms with van der Waals surface area (Å²) in [4.78, 5) is 21.5. The zero-order valence-electron chi connectivity index (χ0n) is 17.7. The van der Waals surface area contributed by atoms with Gasteiger partial charge in [0.2, 0.25) is 0 Å². The number of nitrogens with zero attached hydrogens (tertiary/aromatic N) is 3. The number of hydrogen-bond acceptors (Lipinski definition) is 4. The molecule has 1 aliphatic rings. The van der Waals surface area contributed by atoms with Crippen LogP contribution in [0.4, 0.5) is 10.1 Å². The molecule has 5 rings (SSSR count). The number of carbonyl (C=O) groups excluding carboxylic acids is 1. The largest absolute Gasteiger partial charge is 0.459 e. The number of furan rings is 1. The number of aryl methyl sites for hydroxylation is 1. The fourth-order valence-electron chi connectivity index (χ4n) is 4.33. The van der Waals surface area contributed by atoms with Gasteiger partial charge in [0.1, 0.15) is 0 Å². The molecule has 3 aromatic heterocycles. The van der Waals surface area contributed by atoms with Crippen molar-refractivity contribution in [3.63, 3.8) is 0 Å². The van der Waals surface area contributed by atoms with Gasteiger partial charge < -0.3 is 14.3 Å². The number of carbonyl (C=O) groups is 1. The standard InChI is InChI=1S/C25H23FN4O2/c1-16-8-10-17(11-9-16)22-24(30(15-28-22)18-5-2-3-6-18)19-13-27-14-20(26)23(19)29-25(31)21-7-4-12-32-21/h4,7-15,18H,2-3,5-6H2,1H3,(H,27,29,31). The van der Waals surface area contributed by atoms with Gasteiger partial charge in [-0.25, -0.2) is 9.37 Å². The summed E-state index contributed by atoms with van der Waals surface area (Å²) in [7, 11) is 0. The van der Waals surface area contributed by atoms with E-state index >= 15 is 4.39 Å². The molecule has 32 heavy (non-hydrogen) atoms. The lowest BCUT2D eigenvalue weighted by atomic mass is 10.0. The Morgan fingerprint density at radius 2 is 1.94 bits per heavy atom. The highest BCUT2D eigenvalue weighted by atomic mass is 19.1. The molecule has 7 heteroatoms. The van der Waals surface area contributed by atoms with Crippen molar-refractivity contribution in [3.05, 3.63) is 78.5 Å². The molecule has 1 fully saturated rings. The van der Waals surface area contributed by atoms with E-state index in [1.165, 1.54) is 12.3 Å². The molecule has 0 radical (unpaired) electrons. The number of anilines is 1. The summed E-state index contributed by atoms with van der Waals surface area (Å²) in [6.07, 6.45) is 10.3. The molecule has 0 spiro atoms. The van der Waals surface area contributed by atoms with Crippen LogP contribution in [0.2, 0.25) is 0 Å². The van der Waals surface area contributed by atoms with E-state index in [4.69, 9.17) is 9.40 Å². The van der Waals surface area contributed by atoms with Gasteiger partial charge in [-0.3, -0.25) is 9.78 Å². The van der Waals surface area contributed by atoms with Gasteiger partial charge in [-0.15, -0.1) is 0 Å². The normalized spacial score (nSPS) is 14.1. The lowest BCUT2D eigenvalue weighted by Crippen LogP contribution is -2.14. The fraction of sp³-hybridized carbons (Fsp3) is 0.240. The summed E-state index contributed by atoms with van der Waals surface area (Å²) >= 11 is 0. The molecule has 0 bridgehead atoms. The number of imidazole rings is 1. The van der Waals surface area contributed by atoms with E-state index in [2.05, 4.69) is 14.9 Å². The molecule has 0 saturated heterocycles. The predicted octanol–water partition coefficient (Wildman–Crippen LogP) is 6.02. The number of amides is 1. The Bertz CT molecular complexity index is 1240. The smallest absolute Gasteiger partial charge is 0.291 e. The minimum Gasteiger partial charge on any atom is -0.459 e. The molecule has 0 unspecified atom stereocenters. The van der Waals surface area contributed by atoms with Crippen LogP contribution in [0.5, 0.6) is 0 Å². The summed E-state index contributed by atoms with van der Waals surface area (Å²) in [5.41, 5.74) is 4.11. The Morgan fingerprint density at radius 1 is 1.16 bits per heavy atom. The lowest BCUT2D eigenvalue weighted by molar-refractivity contribution is 0.0996. The minimum absolute atomic E-state index is 0.0644. The second kappa shape index (κ2) is 8.42. The lowest BCUT2D eigenvalue weighted by Gasteiger charge is -2.19. The van der Waals surface area contributed by atoms with E-state index in [9.17, 15) is 4.79 Å². The first-order valence-electron chi connectivity index (χ1n) is 10.7. The van der Waals surface area contributed by atoms with Gasteiger partial charge in [-0.2, -0.15) is 0 Å². The summed E-state index contributed by atoms with van der Waals surface area (Å²) in [6.45, 7) is 2.03. The maximum absolute atomic E-state index is 15.0. The molecule has 3 heterocycles. The van der Waals surface area contributed by atoms with Gasteiger partial charge in [0.15, 0.2) is 11.6 Å². The number of benzene rings is 1. The van der Waals surface area contributed by atoms with Crippen LogP contribution in [0.25, 0.3) is 22.5 Å². The number of rotatable bonds is 5. The van der Waals surface area contributed by atoms with Gasteiger partial charge in [0.05, 0.1) is 35.9 Å². The third kappa shape index (κ3) is 3.70. The van der Waals surface area contributed by atoms with Crippen LogP contribution >= 0.6 is 0 Å². The van der Waals surface area contributed by atoms with E-state index in [1.807, 2.05) is 37.5 Å². The minimum atomic E-state index is -0.614. The molecule has 6 nitrogen and oxygen atoms in total. The summed E-state index contributed by atoms with van der Waals surface area (Å²) < 4.78 is 22.3. The van der Waals surface area contributed by atoms with Crippen LogP contribution in [-0.2, 0) is 0 Å². The first-order chi connectivity index (χ1) is 15.6. The third-order valence-corrected chi connectivity index (χ3v) is 5.98. The second-order valence-corrected chi connectivity index (χ2v) is 8.13. The second-order valence-electron chi connectivity index (χ2n) is 8.13. The van der Waals surface area contributed by atoms with Gasteiger partial charge in [-0.1, -0.05) is 42.7 Å². The number of nitrogens with one attached hydrogen (secondary N) is 1. The SMILES string of the molecule is Cc1ccc(-c2ncn(C3CCCC3)c2-c2cncc(F)c2NC(=O)c2ccco2)cc1. The molecular weight excluding hydrogens is 407 g/mol. The highest BCUT2D eigenvalue weighted by Crippen LogP contribution is 2.41. The van der Waals surface area contributed by atoms with Crippen molar-refractivity contribution in [1.82, 2.24) is 14.5 Å². The van der Waals surface area contributed by atoms with Gasteiger partial charge >= 0.3 is 0 Å². The fourth-order valence-corrected chi connectivity index (χ4v) is 4.33. The van der Waals surface area contributed by atoms with Crippen LogP contribution in [0.15, 0.2) is 65.8 Å². The van der Waals surface area contributed by atoms with E-state index in [0.717, 1.165) is 54.4 Å². The molecule has 1 aromatic carbocycles. The van der Waals surface area contributed by atoms with Gasteiger partial charge in [0.25, 0.3) is 5.91 Å².